The Bertz CT molecular complexity index is 704. The summed E-state index contributed by atoms with van der Waals surface area (Å²) in [5, 5.41) is 1.07. The number of epoxide rings is 1. The van der Waals surface area contributed by atoms with Gasteiger partial charge in [0.25, 0.3) is 0 Å². The molecule has 1 fully saturated rings. The van der Waals surface area contributed by atoms with Crippen molar-refractivity contribution in [1.82, 2.24) is 4.98 Å². The van der Waals surface area contributed by atoms with Crippen LogP contribution in [0.2, 0.25) is 0 Å². The van der Waals surface area contributed by atoms with Crippen LogP contribution < -0.4 is 0 Å². The summed E-state index contributed by atoms with van der Waals surface area (Å²) in [5.41, 5.74) is 2.03. The fourth-order valence-corrected chi connectivity index (χ4v) is 3.55. The van der Waals surface area contributed by atoms with Crippen LogP contribution in [0.4, 0.5) is 0 Å². The molecule has 0 bridgehead atoms. The fraction of sp³-hybridized carbons (Fsp3) is 0.188. The van der Waals surface area contributed by atoms with E-state index in [4.69, 9.17) is 9.72 Å². The Labute approximate surface area is 115 Å². The monoisotopic (exact) mass is 267 g/mol. The standard InChI is InChI=1S/C16H13NOS/c1-16(14(18-16)11-7-3-2-4-8-11)15-17-12-9-5-6-10-13(12)19-15/h2-10,14H,1H3/t14-,16+/m1/s1. The molecule has 0 radical (unpaired) electrons. The minimum absolute atomic E-state index is 0.134. The molecule has 0 N–H and O–H groups in total. The van der Waals surface area contributed by atoms with E-state index in [1.165, 1.54) is 10.3 Å². The van der Waals surface area contributed by atoms with Crippen LogP contribution in [0.15, 0.2) is 54.6 Å². The summed E-state index contributed by atoms with van der Waals surface area (Å²) in [6.07, 6.45) is 0.134. The quantitative estimate of drug-likeness (QED) is 0.647. The Balaban J connectivity index is 1.73. The molecule has 4 rings (SSSR count). The van der Waals surface area contributed by atoms with E-state index in [1.807, 2.05) is 12.1 Å². The molecular formula is C16H13NOS. The molecule has 0 unspecified atom stereocenters. The Hall–Kier alpha value is -1.71. The molecule has 3 aromatic rings. The summed E-state index contributed by atoms with van der Waals surface area (Å²) in [6.45, 7) is 2.13. The zero-order valence-electron chi connectivity index (χ0n) is 10.5. The predicted octanol–water partition coefficient (Wildman–Crippen LogP) is 4.28. The molecule has 0 saturated carbocycles. The van der Waals surface area contributed by atoms with Gasteiger partial charge in [0.2, 0.25) is 0 Å². The molecule has 2 aromatic carbocycles. The average Bonchev–Trinajstić information content (AvgIpc) is 2.97. The molecule has 1 saturated heterocycles. The molecule has 0 spiro atoms. The van der Waals surface area contributed by atoms with Crippen molar-refractivity contribution in [3.8, 4) is 0 Å². The maximum Gasteiger partial charge on any atom is 0.148 e. The van der Waals surface area contributed by atoms with Gasteiger partial charge >= 0.3 is 0 Å². The fourth-order valence-electron chi connectivity index (χ4n) is 2.47. The number of thiazole rings is 1. The van der Waals surface area contributed by atoms with E-state index in [0.717, 1.165) is 10.5 Å². The van der Waals surface area contributed by atoms with Crippen molar-refractivity contribution in [2.45, 2.75) is 18.6 Å². The minimum Gasteiger partial charge on any atom is -0.354 e. The second kappa shape index (κ2) is 3.89. The molecule has 2 heterocycles. The molecule has 94 valence electrons. The van der Waals surface area contributed by atoms with Crippen LogP contribution in [0.3, 0.4) is 0 Å². The van der Waals surface area contributed by atoms with Gasteiger partial charge in [-0.05, 0) is 24.6 Å². The van der Waals surface area contributed by atoms with Gasteiger partial charge in [-0.1, -0.05) is 42.5 Å². The van der Waals surface area contributed by atoms with E-state index in [9.17, 15) is 0 Å². The summed E-state index contributed by atoms with van der Waals surface area (Å²) >= 11 is 1.73. The first-order valence-electron chi connectivity index (χ1n) is 6.36. The lowest BCUT2D eigenvalue weighted by Gasteiger charge is -2.01. The molecule has 1 aromatic heterocycles. The van der Waals surface area contributed by atoms with Gasteiger partial charge in [0.1, 0.15) is 16.7 Å². The lowest BCUT2D eigenvalue weighted by Crippen LogP contribution is -2.03. The van der Waals surface area contributed by atoms with Gasteiger partial charge in [-0.25, -0.2) is 4.98 Å². The summed E-state index contributed by atoms with van der Waals surface area (Å²) in [7, 11) is 0. The Morgan fingerprint density at radius 1 is 1.05 bits per heavy atom. The minimum atomic E-state index is -0.259. The average molecular weight is 267 g/mol. The summed E-state index contributed by atoms with van der Waals surface area (Å²) in [6, 6.07) is 18.6. The summed E-state index contributed by atoms with van der Waals surface area (Å²) < 4.78 is 7.18. The summed E-state index contributed by atoms with van der Waals surface area (Å²) in [5.74, 6) is 0. The number of rotatable bonds is 2. The van der Waals surface area contributed by atoms with Crippen LogP contribution in [-0.4, -0.2) is 4.98 Å². The molecule has 0 amide bonds. The highest BCUT2D eigenvalue weighted by Crippen LogP contribution is 2.57. The first-order chi connectivity index (χ1) is 9.27. The van der Waals surface area contributed by atoms with Crippen LogP contribution in [-0.2, 0) is 10.3 Å². The van der Waals surface area contributed by atoms with Crippen LogP contribution in [0.1, 0.15) is 23.6 Å². The summed E-state index contributed by atoms with van der Waals surface area (Å²) in [4.78, 5) is 4.72. The molecule has 2 atom stereocenters. The first kappa shape index (κ1) is 11.1. The van der Waals surface area contributed by atoms with E-state index < -0.39 is 0 Å². The van der Waals surface area contributed by atoms with E-state index >= 15 is 0 Å². The molecular weight excluding hydrogens is 254 g/mol. The molecule has 0 aliphatic carbocycles. The van der Waals surface area contributed by atoms with Gasteiger partial charge in [0.15, 0.2) is 0 Å². The number of para-hydroxylation sites is 1. The zero-order chi connectivity index (χ0) is 12.9. The SMILES string of the molecule is C[C@]1(c2nc3ccccc3s2)O[C@@H]1c1ccccc1. The highest BCUT2D eigenvalue weighted by atomic mass is 32.1. The highest BCUT2D eigenvalue weighted by Gasteiger charge is 2.56. The van der Waals surface area contributed by atoms with Crippen molar-refractivity contribution in [2.24, 2.45) is 0 Å². The first-order valence-corrected chi connectivity index (χ1v) is 7.18. The molecule has 1 aliphatic rings. The van der Waals surface area contributed by atoms with E-state index in [1.54, 1.807) is 11.3 Å². The van der Waals surface area contributed by atoms with Gasteiger partial charge in [0, 0.05) is 0 Å². The second-order valence-corrected chi connectivity index (χ2v) is 6.03. The maximum absolute atomic E-state index is 5.95. The lowest BCUT2D eigenvalue weighted by molar-refractivity contribution is 0.313. The Morgan fingerprint density at radius 3 is 2.58 bits per heavy atom. The third-order valence-corrected chi connectivity index (χ3v) is 4.88. The van der Waals surface area contributed by atoms with Gasteiger partial charge in [0.05, 0.1) is 10.2 Å². The number of fused-ring (bicyclic) bond motifs is 1. The second-order valence-electron chi connectivity index (χ2n) is 5.00. The molecule has 19 heavy (non-hydrogen) atoms. The molecule has 2 nitrogen and oxygen atoms in total. The van der Waals surface area contributed by atoms with Crippen molar-refractivity contribution < 1.29 is 4.74 Å². The normalized spacial score (nSPS) is 25.6. The topological polar surface area (TPSA) is 25.4 Å². The number of benzene rings is 2. The van der Waals surface area contributed by atoms with Crippen molar-refractivity contribution in [1.29, 1.82) is 0 Å². The number of nitrogens with zero attached hydrogens (tertiary/aromatic N) is 1. The van der Waals surface area contributed by atoms with Crippen LogP contribution in [0.25, 0.3) is 10.2 Å². The van der Waals surface area contributed by atoms with E-state index in [0.29, 0.717) is 0 Å². The van der Waals surface area contributed by atoms with Gasteiger partial charge in [-0.15, -0.1) is 11.3 Å². The third-order valence-electron chi connectivity index (χ3n) is 3.63. The zero-order valence-corrected chi connectivity index (χ0v) is 11.4. The number of ether oxygens (including phenoxy) is 1. The van der Waals surface area contributed by atoms with Crippen LogP contribution in [0.5, 0.6) is 0 Å². The van der Waals surface area contributed by atoms with Crippen molar-refractivity contribution in [3.05, 3.63) is 65.2 Å². The number of aromatic nitrogens is 1. The smallest absolute Gasteiger partial charge is 0.148 e. The Morgan fingerprint density at radius 2 is 1.79 bits per heavy atom. The largest absolute Gasteiger partial charge is 0.354 e. The Kier molecular flexibility index (Phi) is 2.28. The van der Waals surface area contributed by atoms with Crippen LogP contribution in [0, 0.1) is 0 Å². The number of hydrogen-bond donors (Lipinski definition) is 0. The molecule has 3 heteroatoms. The predicted molar refractivity (Wildman–Crippen MR) is 77.2 cm³/mol. The van der Waals surface area contributed by atoms with E-state index in [2.05, 4.69) is 49.4 Å². The van der Waals surface area contributed by atoms with Crippen molar-refractivity contribution in [2.75, 3.05) is 0 Å². The van der Waals surface area contributed by atoms with E-state index in [-0.39, 0.29) is 11.7 Å². The van der Waals surface area contributed by atoms with Crippen molar-refractivity contribution >= 4 is 21.6 Å². The maximum atomic E-state index is 5.95. The van der Waals surface area contributed by atoms with Gasteiger partial charge in [-0.2, -0.15) is 0 Å². The van der Waals surface area contributed by atoms with Gasteiger partial charge in [-0.3, -0.25) is 0 Å². The molecule has 1 aliphatic heterocycles. The number of hydrogen-bond acceptors (Lipinski definition) is 3. The van der Waals surface area contributed by atoms with Crippen molar-refractivity contribution in [3.63, 3.8) is 0 Å². The lowest BCUT2D eigenvalue weighted by atomic mass is 10.0. The van der Waals surface area contributed by atoms with Gasteiger partial charge < -0.3 is 4.74 Å². The highest BCUT2D eigenvalue weighted by molar-refractivity contribution is 7.18. The third kappa shape index (κ3) is 1.70. The van der Waals surface area contributed by atoms with Crippen LogP contribution >= 0.6 is 11.3 Å².